The van der Waals surface area contributed by atoms with Gasteiger partial charge in [0.15, 0.2) is 11.6 Å². The van der Waals surface area contributed by atoms with Gasteiger partial charge >= 0.3 is 0 Å². The maximum atomic E-state index is 13.3. The van der Waals surface area contributed by atoms with E-state index in [-0.39, 0.29) is 5.91 Å². The Morgan fingerprint density at radius 3 is 2.44 bits per heavy atom. The molecular weight excluding hydrogens is 328 g/mol. The molecule has 0 unspecified atom stereocenters. The molecule has 0 saturated carbocycles. The summed E-state index contributed by atoms with van der Waals surface area (Å²) >= 11 is 0. The van der Waals surface area contributed by atoms with E-state index in [0.717, 1.165) is 17.8 Å². The molecule has 1 saturated heterocycles. The van der Waals surface area contributed by atoms with Crippen LogP contribution in [0.2, 0.25) is 0 Å². The minimum atomic E-state index is -0.920. The van der Waals surface area contributed by atoms with Crippen molar-refractivity contribution in [1.29, 1.82) is 0 Å². The summed E-state index contributed by atoms with van der Waals surface area (Å²) in [5.41, 5.74) is 1.16. The number of nitrogens with zero attached hydrogens (tertiary/aromatic N) is 4. The van der Waals surface area contributed by atoms with Gasteiger partial charge < -0.3 is 15.1 Å². The van der Waals surface area contributed by atoms with Crippen LogP contribution >= 0.6 is 0 Å². The smallest absolute Gasteiger partial charge is 0.227 e. The van der Waals surface area contributed by atoms with E-state index in [9.17, 15) is 13.6 Å². The van der Waals surface area contributed by atoms with Crippen LogP contribution in [0.4, 0.5) is 26.2 Å². The van der Waals surface area contributed by atoms with Crippen LogP contribution in [0.3, 0.4) is 0 Å². The number of halogens is 2. The Labute approximate surface area is 144 Å². The van der Waals surface area contributed by atoms with Crippen molar-refractivity contribution in [3.8, 4) is 0 Å². The highest BCUT2D eigenvalue weighted by Crippen LogP contribution is 2.21. The number of aryl methyl sites for hydroxylation is 1. The van der Waals surface area contributed by atoms with Crippen molar-refractivity contribution in [2.75, 3.05) is 36.4 Å². The van der Waals surface area contributed by atoms with E-state index in [0.29, 0.717) is 43.6 Å². The zero-order valence-corrected chi connectivity index (χ0v) is 14.1. The Balaban J connectivity index is 1.76. The third kappa shape index (κ3) is 4.01. The largest absolute Gasteiger partial charge is 0.340 e. The molecule has 2 aromatic rings. The number of rotatable bonds is 3. The fraction of sp³-hybridized carbons (Fsp3) is 0.353. The Bertz CT molecular complexity index is 791. The molecule has 0 aliphatic carbocycles. The third-order valence-electron chi connectivity index (χ3n) is 4.04. The number of anilines is 3. The first-order chi connectivity index (χ1) is 11.9. The van der Waals surface area contributed by atoms with Crippen LogP contribution in [0.25, 0.3) is 0 Å². The van der Waals surface area contributed by atoms with Crippen LogP contribution in [0.1, 0.15) is 12.6 Å². The molecule has 25 heavy (non-hydrogen) atoms. The molecule has 1 fully saturated rings. The zero-order valence-electron chi connectivity index (χ0n) is 14.1. The summed E-state index contributed by atoms with van der Waals surface area (Å²) in [7, 11) is 0. The molecule has 1 N–H and O–H groups in total. The fourth-order valence-corrected chi connectivity index (χ4v) is 2.70. The first kappa shape index (κ1) is 17.1. The summed E-state index contributed by atoms with van der Waals surface area (Å²) in [6.45, 7) is 5.94. The van der Waals surface area contributed by atoms with Gasteiger partial charge in [-0.1, -0.05) is 0 Å². The highest BCUT2D eigenvalue weighted by atomic mass is 19.2. The van der Waals surface area contributed by atoms with Gasteiger partial charge in [0.1, 0.15) is 5.82 Å². The molecule has 8 heteroatoms. The molecule has 1 aromatic heterocycles. The van der Waals surface area contributed by atoms with Gasteiger partial charge in [-0.3, -0.25) is 4.79 Å². The Hall–Kier alpha value is -2.77. The highest BCUT2D eigenvalue weighted by Gasteiger charge is 2.21. The standard InChI is InChI=1S/C17H19F2N5O/c1-11-9-16(21-13-3-4-14(18)15(19)10-13)22-17(20-11)24-7-5-23(6-8-24)12(2)25/h3-4,9-10H,5-8H2,1-2H3,(H,20,21,22). The van der Waals surface area contributed by atoms with Crippen molar-refractivity contribution in [3.05, 3.63) is 41.6 Å². The number of nitrogens with one attached hydrogen (secondary N) is 1. The van der Waals surface area contributed by atoms with Crippen molar-refractivity contribution >= 4 is 23.4 Å². The molecule has 1 aromatic carbocycles. The lowest BCUT2D eigenvalue weighted by Gasteiger charge is -2.34. The number of carbonyl (C=O) groups excluding carboxylic acids is 1. The predicted molar refractivity (Wildman–Crippen MR) is 90.9 cm³/mol. The van der Waals surface area contributed by atoms with Crippen LogP contribution in [0.15, 0.2) is 24.3 Å². The van der Waals surface area contributed by atoms with Gasteiger partial charge in [-0.05, 0) is 19.1 Å². The molecule has 0 spiro atoms. The van der Waals surface area contributed by atoms with Gasteiger partial charge in [-0.2, -0.15) is 4.98 Å². The van der Waals surface area contributed by atoms with Crippen LogP contribution in [-0.4, -0.2) is 47.0 Å². The number of hydrogen-bond donors (Lipinski definition) is 1. The van der Waals surface area contributed by atoms with Crippen molar-refractivity contribution < 1.29 is 13.6 Å². The first-order valence-corrected chi connectivity index (χ1v) is 8.00. The topological polar surface area (TPSA) is 61.4 Å². The molecular formula is C17H19F2N5O. The minimum Gasteiger partial charge on any atom is -0.340 e. The molecule has 1 aliphatic rings. The van der Waals surface area contributed by atoms with Gasteiger partial charge in [0.2, 0.25) is 11.9 Å². The van der Waals surface area contributed by atoms with E-state index in [1.165, 1.54) is 6.07 Å². The van der Waals surface area contributed by atoms with E-state index >= 15 is 0 Å². The average molecular weight is 347 g/mol. The van der Waals surface area contributed by atoms with Crippen LogP contribution < -0.4 is 10.2 Å². The maximum Gasteiger partial charge on any atom is 0.227 e. The second kappa shape index (κ2) is 7.00. The van der Waals surface area contributed by atoms with Gasteiger partial charge in [0.25, 0.3) is 0 Å². The van der Waals surface area contributed by atoms with E-state index in [4.69, 9.17) is 0 Å². The van der Waals surface area contributed by atoms with Gasteiger partial charge in [-0.25, -0.2) is 13.8 Å². The SMILES string of the molecule is CC(=O)N1CCN(c2nc(C)cc(Nc3ccc(F)c(F)c3)n2)CC1. The molecule has 1 aliphatic heterocycles. The second-order valence-corrected chi connectivity index (χ2v) is 5.94. The van der Waals surface area contributed by atoms with Crippen molar-refractivity contribution in [3.63, 3.8) is 0 Å². The number of aromatic nitrogens is 2. The second-order valence-electron chi connectivity index (χ2n) is 5.94. The first-order valence-electron chi connectivity index (χ1n) is 8.00. The highest BCUT2D eigenvalue weighted by molar-refractivity contribution is 5.73. The minimum absolute atomic E-state index is 0.0607. The van der Waals surface area contributed by atoms with Crippen molar-refractivity contribution in [2.24, 2.45) is 0 Å². The molecule has 6 nitrogen and oxygen atoms in total. The fourth-order valence-electron chi connectivity index (χ4n) is 2.70. The van der Waals surface area contributed by atoms with Crippen molar-refractivity contribution in [1.82, 2.24) is 14.9 Å². The van der Waals surface area contributed by atoms with E-state index < -0.39 is 11.6 Å². The van der Waals surface area contributed by atoms with E-state index in [1.807, 2.05) is 11.8 Å². The van der Waals surface area contributed by atoms with Gasteiger partial charge in [-0.15, -0.1) is 0 Å². The van der Waals surface area contributed by atoms with E-state index in [1.54, 1.807) is 17.9 Å². The Kier molecular flexibility index (Phi) is 4.78. The molecule has 1 amide bonds. The summed E-state index contributed by atoms with van der Waals surface area (Å²) in [6, 6.07) is 5.32. The lowest BCUT2D eigenvalue weighted by Crippen LogP contribution is -2.48. The van der Waals surface area contributed by atoms with Gasteiger partial charge in [0.05, 0.1) is 0 Å². The quantitative estimate of drug-likeness (QED) is 0.924. The summed E-state index contributed by atoms with van der Waals surface area (Å²) in [5.74, 6) is -0.703. The Morgan fingerprint density at radius 1 is 1.08 bits per heavy atom. The molecule has 132 valence electrons. The third-order valence-corrected chi connectivity index (χ3v) is 4.04. The maximum absolute atomic E-state index is 13.3. The summed E-state index contributed by atoms with van der Waals surface area (Å²) in [5, 5.41) is 2.97. The number of benzene rings is 1. The lowest BCUT2D eigenvalue weighted by atomic mass is 10.3. The van der Waals surface area contributed by atoms with Crippen LogP contribution in [0, 0.1) is 18.6 Å². The molecule has 0 radical (unpaired) electrons. The normalized spacial score (nSPS) is 14.6. The zero-order chi connectivity index (χ0) is 18.0. The van der Waals surface area contributed by atoms with Gasteiger partial charge in [0, 0.05) is 56.6 Å². The average Bonchev–Trinajstić information content (AvgIpc) is 2.58. The molecule has 0 atom stereocenters. The number of amides is 1. The lowest BCUT2D eigenvalue weighted by molar-refractivity contribution is -0.129. The summed E-state index contributed by atoms with van der Waals surface area (Å²) in [6.07, 6.45) is 0. The number of hydrogen-bond acceptors (Lipinski definition) is 5. The predicted octanol–water partition coefficient (Wildman–Crippen LogP) is 2.48. The Morgan fingerprint density at radius 2 is 1.80 bits per heavy atom. The summed E-state index contributed by atoms with van der Waals surface area (Å²) < 4.78 is 26.4. The van der Waals surface area contributed by atoms with Crippen molar-refractivity contribution in [2.45, 2.75) is 13.8 Å². The van der Waals surface area contributed by atoms with Crippen LogP contribution in [-0.2, 0) is 4.79 Å². The molecule has 0 bridgehead atoms. The number of carbonyl (C=O) groups is 1. The monoisotopic (exact) mass is 347 g/mol. The van der Waals surface area contributed by atoms with Crippen LogP contribution in [0.5, 0.6) is 0 Å². The molecule has 2 heterocycles. The van der Waals surface area contributed by atoms with E-state index in [2.05, 4.69) is 15.3 Å². The molecule has 3 rings (SSSR count). The summed E-state index contributed by atoms with van der Waals surface area (Å²) in [4.78, 5) is 24.1. The number of piperazine rings is 1.